The number of aromatic nitrogens is 7. The van der Waals surface area contributed by atoms with Gasteiger partial charge in [-0.3, -0.25) is 14.1 Å². The number of aryl methyl sites for hydroxylation is 2. The zero-order chi connectivity index (χ0) is 29.0. The van der Waals surface area contributed by atoms with Crippen LogP contribution >= 0.6 is 0 Å². The van der Waals surface area contributed by atoms with E-state index in [1.165, 1.54) is 21.3 Å². The van der Waals surface area contributed by atoms with Crippen molar-refractivity contribution >= 4 is 11.2 Å². The summed E-state index contributed by atoms with van der Waals surface area (Å²) in [5.41, 5.74) is 1.73. The number of nitrogens with zero attached hydrogens (tertiary/aromatic N) is 7. The second-order valence-corrected chi connectivity index (χ2v) is 8.94. The number of imidazole rings is 2. The first-order chi connectivity index (χ1) is 18.8. The summed E-state index contributed by atoms with van der Waals surface area (Å²) in [5, 5.41) is 0. The zero-order valence-corrected chi connectivity index (χ0v) is 20.2. The Balaban J connectivity index is 1.53. The molecule has 0 spiro atoms. The third-order valence-electron chi connectivity index (χ3n) is 6.06. The fourth-order valence-electron chi connectivity index (χ4n) is 4.18. The molecule has 8 nitrogen and oxygen atoms in total. The van der Waals surface area contributed by atoms with Gasteiger partial charge in [-0.1, -0.05) is 38.1 Å². The lowest BCUT2D eigenvalue weighted by Crippen LogP contribution is -2.22. The van der Waals surface area contributed by atoms with E-state index in [1.54, 1.807) is 37.6 Å². The SMILES string of the molecule is [2H]C([2H])([2H])n1cc(C(F)(F)F)nc1-c1ccc(Cn2c(=O)n(C)c3cnc(-c4cccnc4C(C)C)nc32)cc1. The third-order valence-corrected chi connectivity index (χ3v) is 6.06. The van der Waals surface area contributed by atoms with Crippen molar-refractivity contribution in [2.45, 2.75) is 32.5 Å². The molecule has 0 bridgehead atoms. The standard InChI is InChI=1S/C26H24F3N7O/c1-15(2)21-18(6-5-11-30-21)22-31-12-19-24(33-22)36(25(37)35(19)4)13-16-7-9-17(10-8-16)23-32-20(14-34(23)3)26(27,28)29/h5-12,14-15H,13H2,1-4H3/i3D3. The van der Waals surface area contributed by atoms with Gasteiger partial charge >= 0.3 is 11.9 Å². The molecule has 0 radical (unpaired) electrons. The maximum absolute atomic E-state index is 13.2. The number of rotatable bonds is 5. The summed E-state index contributed by atoms with van der Waals surface area (Å²) in [4.78, 5) is 30.3. The van der Waals surface area contributed by atoms with Crippen LogP contribution in [0.25, 0.3) is 33.9 Å². The smallest absolute Gasteiger partial charge is 0.333 e. The second kappa shape index (κ2) is 8.99. The molecule has 0 N–H and O–H groups in total. The van der Waals surface area contributed by atoms with Crippen molar-refractivity contribution in [1.82, 2.24) is 33.6 Å². The molecule has 0 aliphatic heterocycles. The highest BCUT2D eigenvalue weighted by Gasteiger charge is 2.34. The quantitative estimate of drug-likeness (QED) is 0.340. The predicted octanol–water partition coefficient (Wildman–Crippen LogP) is 4.78. The number of pyridine rings is 1. The van der Waals surface area contributed by atoms with Gasteiger partial charge in [0.1, 0.15) is 11.3 Å². The Morgan fingerprint density at radius 2 is 1.84 bits per heavy atom. The molecule has 0 amide bonds. The first kappa shape index (κ1) is 20.9. The molecule has 37 heavy (non-hydrogen) atoms. The fourth-order valence-corrected chi connectivity index (χ4v) is 4.18. The maximum Gasteiger partial charge on any atom is 0.434 e. The van der Waals surface area contributed by atoms with Crippen LogP contribution in [0.4, 0.5) is 13.2 Å². The average molecular weight is 511 g/mol. The van der Waals surface area contributed by atoms with Gasteiger partial charge in [-0.15, -0.1) is 0 Å². The van der Waals surface area contributed by atoms with Crippen LogP contribution in [0.1, 0.15) is 40.8 Å². The van der Waals surface area contributed by atoms with Crippen LogP contribution in [0.5, 0.6) is 0 Å². The first-order valence-electron chi connectivity index (χ1n) is 12.9. The molecular weight excluding hydrogens is 483 g/mol. The molecule has 4 aromatic heterocycles. The van der Waals surface area contributed by atoms with E-state index >= 15 is 0 Å². The molecule has 1 aromatic carbocycles. The molecule has 0 aliphatic carbocycles. The lowest BCUT2D eigenvalue weighted by atomic mass is 10.0. The molecule has 0 saturated carbocycles. The average Bonchev–Trinajstić information content (AvgIpc) is 3.46. The van der Waals surface area contributed by atoms with Gasteiger partial charge in [0.2, 0.25) is 0 Å². The van der Waals surface area contributed by atoms with Gasteiger partial charge in [-0.25, -0.2) is 19.7 Å². The van der Waals surface area contributed by atoms with Gasteiger partial charge in [0.05, 0.1) is 18.4 Å². The lowest BCUT2D eigenvalue weighted by molar-refractivity contribution is -0.140. The number of alkyl halides is 3. The molecule has 5 rings (SSSR count). The van der Waals surface area contributed by atoms with Gasteiger partial charge in [0.15, 0.2) is 17.2 Å². The second-order valence-electron chi connectivity index (χ2n) is 8.94. The van der Waals surface area contributed by atoms with Gasteiger partial charge < -0.3 is 4.57 Å². The van der Waals surface area contributed by atoms with Crippen LogP contribution in [-0.2, 0) is 26.7 Å². The van der Waals surface area contributed by atoms with Crippen LogP contribution < -0.4 is 5.69 Å². The maximum atomic E-state index is 13.2. The van der Waals surface area contributed by atoms with Crippen LogP contribution in [0.2, 0.25) is 0 Å². The molecule has 0 unspecified atom stereocenters. The molecule has 190 valence electrons. The van der Waals surface area contributed by atoms with E-state index in [-0.39, 0.29) is 29.5 Å². The van der Waals surface area contributed by atoms with Crippen molar-refractivity contribution in [2.75, 3.05) is 0 Å². The summed E-state index contributed by atoms with van der Waals surface area (Å²) >= 11 is 0. The Morgan fingerprint density at radius 1 is 1.08 bits per heavy atom. The largest absolute Gasteiger partial charge is 0.434 e. The van der Waals surface area contributed by atoms with E-state index in [1.807, 2.05) is 19.9 Å². The molecule has 0 saturated heterocycles. The highest BCUT2D eigenvalue weighted by atomic mass is 19.4. The molecule has 0 atom stereocenters. The summed E-state index contributed by atoms with van der Waals surface area (Å²) in [6, 6.07) is 9.83. The van der Waals surface area contributed by atoms with Gasteiger partial charge in [0.25, 0.3) is 0 Å². The Morgan fingerprint density at radius 3 is 2.51 bits per heavy atom. The number of fused-ring (bicyclic) bond motifs is 1. The van der Waals surface area contributed by atoms with E-state index in [0.29, 0.717) is 33.3 Å². The van der Waals surface area contributed by atoms with Crippen LogP contribution in [0, 0.1) is 0 Å². The van der Waals surface area contributed by atoms with Crippen LogP contribution in [-0.4, -0.2) is 33.6 Å². The van der Waals surface area contributed by atoms with Crippen molar-refractivity contribution in [3.05, 3.63) is 82.4 Å². The minimum Gasteiger partial charge on any atom is -0.333 e. The van der Waals surface area contributed by atoms with E-state index < -0.39 is 18.8 Å². The number of halogens is 3. The van der Waals surface area contributed by atoms with Crippen LogP contribution in [0.15, 0.2) is 59.8 Å². The molecular formula is C26H24F3N7O. The molecule has 4 heterocycles. The van der Waals surface area contributed by atoms with E-state index in [0.717, 1.165) is 11.3 Å². The Bertz CT molecular complexity index is 1770. The van der Waals surface area contributed by atoms with Crippen molar-refractivity contribution < 1.29 is 17.3 Å². The Hall–Kier alpha value is -4.28. The van der Waals surface area contributed by atoms with Gasteiger partial charge in [-0.2, -0.15) is 13.2 Å². The minimum absolute atomic E-state index is 0.110. The summed E-state index contributed by atoms with van der Waals surface area (Å²) < 4.78 is 66.1. The highest BCUT2D eigenvalue weighted by Crippen LogP contribution is 2.31. The summed E-state index contributed by atoms with van der Waals surface area (Å²) in [7, 11) is 1.61. The van der Waals surface area contributed by atoms with Crippen LogP contribution in [0.3, 0.4) is 0 Å². The summed E-state index contributed by atoms with van der Waals surface area (Å²) in [6.07, 6.45) is -1.03. The molecule has 0 fully saturated rings. The number of hydrogen-bond acceptors (Lipinski definition) is 5. The van der Waals surface area contributed by atoms with Crippen molar-refractivity contribution in [3.8, 4) is 22.8 Å². The third kappa shape index (κ3) is 4.41. The number of benzene rings is 1. The molecule has 5 aromatic rings. The number of hydrogen-bond donors (Lipinski definition) is 0. The first-order valence-corrected chi connectivity index (χ1v) is 11.4. The van der Waals surface area contributed by atoms with Gasteiger partial charge in [-0.05, 0) is 23.6 Å². The minimum atomic E-state index is -4.80. The van der Waals surface area contributed by atoms with Crippen molar-refractivity contribution in [1.29, 1.82) is 0 Å². The monoisotopic (exact) mass is 510 g/mol. The molecule has 11 heteroatoms. The van der Waals surface area contributed by atoms with Crippen molar-refractivity contribution in [3.63, 3.8) is 0 Å². The van der Waals surface area contributed by atoms with E-state index in [2.05, 4.69) is 15.0 Å². The lowest BCUT2D eigenvalue weighted by Gasteiger charge is -2.10. The fraction of sp³-hybridized carbons (Fsp3) is 0.269. The highest BCUT2D eigenvalue weighted by molar-refractivity contribution is 5.74. The van der Waals surface area contributed by atoms with Crippen molar-refractivity contribution in [2.24, 2.45) is 14.0 Å². The van der Waals surface area contributed by atoms with E-state index in [9.17, 15) is 18.0 Å². The van der Waals surface area contributed by atoms with E-state index in [4.69, 9.17) is 9.10 Å². The normalized spacial score (nSPS) is 13.6. The molecule has 0 aliphatic rings. The summed E-state index contributed by atoms with van der Waals surface area (Å²) in [5.74, 6) is 0.215. The summed E-state index contributed by atoms with van der Waals surface area (Å²) in [6.45, 7) is 1.28. The Kier molecular flexibility index (Phi) is 5.07. The zero-order valence-electron chi connectivity index (χ0n) is 23.2. The Labute approximate surface area is 214 Å². The predicted molar refractivity (Wildman–Crippen MR) is 133 cm³/mol. The topological polar surface area (TPSA) is 83.4 Å². The van der Waals surface area contributed by atoms with Gasteiger partial charge in [0, 0.05) is 41.7 Å².